The van der Waals surface area contributed by atoms with E-state index in [1.807, 2.05) is 0 Å². The number of carbonyl (C=O) groups is 1. The van der Waals surface area contributed by atoms with Gasteiger partial charge in [-0.2, -0.15) is 0 Å². The molecule has 60 valence electrons. The van der Waals surface area contributed by atoms with E-state index in [9.17, 15) is 13.6 Å². The summed E-state index contributed by atoms with van der Waals surface area (Å²) < 4.78 is 25.5. The lowest BCUT2D eigenvalue weighted by Crippen LogP contribution is -2.32. The van der Waals surface area contributed by atoms with Gasteiger partial charge in [0.15, 0.2) is 0 Å². The second-order valence-corrected chi connectivity index (χ2v) is 3.68. The van der Waals surface area contributed by atoms with Crippen LogP contribution in [0.4, 0.5) is 8.78 Å². The fourth-order valence-corrected chi connectivity index (χ4v) is 2.69. The van der Waals surface area contributed by atoms with Gasteiger partial charge in [-0.1, -0.05) is 0 Å². The van der Waals surface area contributed by atoms with E-state index in [-0.39, 0.29) is 17.9 Å². The summed E-state index contributed by atoms with van der Waals surface area (Å²) in [6.45, 7) is 0. The summed E-state index contributed by atoms with van der Waals surface area (Å²) in [5, 5.41) is 2.58. The highest BCUT2D eigenvalue weighted by Crippen LogP contribution is 2.68. The average molecular weight is 159 g/mol. The second-order valence-electron chi connectivity index (χ2n) is 3.68. The minimum Gasteiger partial charge on any atom is -0.353 e. The number of alkyl halides is 2. The van der Waals surface area contributed by atoms with E-state index in [0.717, 1.165) is 0 Å². The van der Waals surface area contributed by atoms with Crippen LogP contribution in [0.25, 0.3) is 0 Å². The molecule has 1 N–H and O–H groups in total. The van der Waals surface area contributed by atoms with Crippen LogP contribution in [0.3, 0.4) is 0 Å². The highest BCUT2D eigenvalue weighted by molar-refractivity contribution is 5.84. The van der Waals surface area contributed by atoms with Crippen LogP contribution in [0.15, 0.2) is 0 Å². The molecule has 3 fully saturated rings. The molecule has 1 heterocycles. The van der Waals surface area contributed by atoms with E-state index in [1.54, 1.807) is 0 Å². The molecular weight excluding hydrogens is 152 g/mol. The van der Waals surface area contributed by atoms with E-state index >= 15 is 0 Å². The smallest absolute Gasteiger partial charge is 0.257 e. The van der Waals surface area contributed by atoms with E-state index in [1.165, 1.54) is 0 Å². The Morgan fingerprint density at radius 1 is 1.45 bits per heavy atom. The molecule has 0 radical (unpaired) electrons. The van der Waals surface area contributed by atoms with Crippen LogP contribution < -0.4 is 5.32 Å². The number of amides is 1. The number of hydrogen-bond donors (Lipinski definition) is 1. The van der Waals surface area contributed by atoms with E-state index < -0.39 is 17.8 Å². The van der Waals surface area contributed by atoms with Crippen molar-refractivity contribution in [1.29, 1.82) is 0 Å². The SMILES string of the molecule is O=C1N[C@H]2C[C@H]1[C@H]1[C@H]2C1(F)F. The molecule has 3 aliphatic rings. The lowest BCUT2D eigenvalue weighted by molar-refractivity contribution is -0.124. The minimum absolute atomic E-state index is 0.159. The Bertz CT molecular complexity index is 253. The summed E-state index contributed by atoms with van der Waals surface area (Å²) in [5.74, 6) is -4.20. The summed E-state index contributed by atoms with van der Waals surface area (Å²) in [6, 6.07) is -0.215. The number of piperidine rings is 1. The van der Waals surface area contributed by atoms with Crippen molar-refractivity contribution in [3.05, 3.63) is 0 Å². The molecule has 0 spiro atoms. The Balaban J connectivity index is 2.00. The van der Waals surface area contributed by atoms with Crippen molar-refractivity contribution in [3.63, 3.8) is 0 Å². The predicted octanol–water partition coefficient (Wildman–Crippen LogP) is 0.386. The average Bonchev–Trinajstić information content (AvgIpc) is 2.25. The first kappa shape index (κ1) is 5.91. The lowest BCUT2D eigenvalue weighted by Gasteiger charge is -2.06. The summed E-state index contributed by atoms with van der Waals surface area (Å²) >= 11 is 0. The van der Waals surface area contributed by atoms with Crippen LogP contribution in [0.5, 0.6) is 0 Å². The number of carbonyl (C=O) groups excluding carboxylic acids is 1. The molecule has 11 heavy (non-hydrogen) atoms. The van der Waals surface area contributed by atoms with Crippen molar-refractivity contribution in [2.45, 2.75) is 18.4 Å². The first-order chi connectivity index (χ1) is 5.12. The van der Waals surface area contributed by atoms with Crippen LogP contribution in [0, 0.1) is 17.8 Å². The molecule has 1 saturated heterocycles. The summed E-state index contributed by atoms with van der Waals surface area (Å²) in [4.78, 5) is 10.9. The van der Waals surface area contributed by atoms with Gasteiger partial charge in [-0.05, 0) is 6.42 Å². The van der Waals surface area contributed by atoms with E-state index in [4.69, 9.17) is 0 Å². The van der Waals surface area contributed by atoms with Gasteiger partial charge in [0.25, 0.3) is 5.92 Å². The topological polar surface area (TPSA) is 29.1 Å². The van der Waals surface area contributed by atoms with Crippen LogP contribution in [-0.4, -0.2) is 17.9 Å². The molecule has 1 amide bonds. The maximum atomic E-state index is 12.8. The molecule has 0 aromatic rings. The maximum Gasteiger partial charge on any atom is 0.257 e. The number of nitrogens with one attached hydrogen (secondary N) is 1. The molecule has 0 unspecified atom stereocenters. The highest BCUT2D eigenvalue weighted by atomic mass is 19.3. The van der Waals surface area contributed by atoms with Crippen molar-refractivity contribution in [3.8, 4) is 0 Å². The van der Waals surface area contributed by atoms with E-state index in [2.05, 4.69) is 5.32 Å². The molecule has 0 aromatic heterocycles. The van der Waals surface area contributed by atoms with Crippen molar-refractivity contribution < 1.29 is 13.6 Å². The Kier molecular flexibility index (Phi) is 0.698. The van der Waals surface area contributed by atoms with Gasteiger partial charge >= 0.3 is 0 Å². The third-order valence-electron chi connectivity index (χ3n) is 3.21. The fourth-order valence-electron chi connectivity index (χ4n) is 2.69. The number of rotatable bonds is 0. The normalized spacial score (nSPS) is 55.6. The first-order valence-corrected chi connectivity index (χ1v) is 3.80. The second kappa shape index (κ2) is 1.30. The van der Waals surface area contributed by atoms with Crippen molar-refractivity contribution in [2.75, 3.05) is 0 Å². The zero-order chi connectivity index (χ0) is 7.80. The standard InChI is InChI=1S/C7H7F2NO/c8-7(9)4-2-1-3(5(4)7)10-6(2)11/h2-5H,1H2,(H,10,11)/t2-,3-,4-,5-/m0/s1. The quantitative estimate of drug-likeness (QED) is 0.544. The van der Waals surface area contributed by atoms with Gasteiger partial charge in [0.1, 0.15) is 0 Å². The van der Waals surface area contributed by atoms with Gasteiger partial charge in [-0.3, -0.25) is 4.79 Å². The van der Waals surface area contributed by atoms with Crippen molar-refractivity contribution in [2.24, 2.45) is 17.8 Å². The third-order valence-corrected chi connectivity index (χ3v) is 3.21. The molecule has 3 rings (SSSR count). The monoisotopic (exact) mass is 159 g/mol. The minimum atomic E-state index is -2.53. The number of hydrogen-bond acceptors (Lipinski definition) is 1. The lowest BCUT2D eigenvalue weighted by atomic mass is 10.1. The van der Waals surface area contributed by atoms with E-state index in [0.29, 0.717) is 6.42 Å². The highest BCUT2D eigenvalue weighted by Gasteiger charge is 2.80. The molecule has 4 atom stereocenters. The molecule has 4 heteroatoms. The van der Waals surface area contributed by atoms with Crippen LogP contribution >= 0.6 is 0 Å². The third kappa shape index (κ3) is 0.451. The molecule has 0 aromatic carbocycles. The molecule has 2 bridgehead atoms. The zero-order valence-electron chi connectivity index (χ0n) is 5.68. The molecule has 2 aliphatic carbocycles. The van der Waals surface area contributed by atoms with Gasteiger partial charge in [-0.25, -0.2) is 8.78 Å². The summed E-state index contributed by atoms with van der Waals surface area (Å²) in [7, 11) is 0. The molecule has 1 aliphatic heterocycles. The fraction of sp³-hybridized carbons (Fsp3) is 0.857. The van der Waals surface area contributed by atoms with Crippen molar-refractivity contribution >= 4 is 5.91 Å². The summed E-state index contributed by atoms with van der Waals surface area (Å²) in [6.07, 6.45) is 0.643. The van der Waals surface area contributed by atoms with Crippen LogP contribution in [0.1, 0.15) is 6.42 Å². The molecule has 2 nitrogen and oxygen atoms in total. The van der Waals surface area contributed by atoms with Gasteiger partial charge in [-0.15, -0.1) is 0 Å². The predicted molar refractivity (Wildman–Crippen MR) is 32.0 cm³/mol. The Hall–Kier alpha value is -0.670. The Morgan fingerprint density at radius 2 is 2.18 bits per heavy atom. The first-order valence-electron chi connectivity index (χ1n) is 3.80. The largest absolute Gasteiger partial charge is 0.353 e. The van der Waals surface area contributed by atoms with Crippen LogP contribution in [-0.2, 0) is 4.79 Å². The van der Waals surface area contributed by atoms with Gasteiger partial charge < -0.3 is 5.32 Å². The maximum absolute atomic E-state index is 12.8. The van der Waals surface area contributed by atoms with Crippen LogP contribution in [0.2, 0.25) is 0 Å². The summed E-state index contributed by atoms with van der Waals surface area (Å²) in [5.41, 5.74) is 0. The van der Waals surface area contributed by atoms with Gasteiger partial charge in [0.05, 0.1) is 5.92 Å². The number of fused-ring (bicyclic) bond motifs is 5. The number of halogens is 2. The molecular formula is C7H7F2NO. The molecule has 2 saturated carbocycles. The zero-order valence-corrected chi connectivity index (χ0v) is 5.68. The Labute approximate surface area is 62.0 Å². The van der Waals surface area contributed by atoms with Gasteiger partial charge in [0.2, 0.25) is 5.91 Å². The van der Waals surface area contributed by atoms with Crippen molar-refractivity contribution in [1.82, 2.24) is 5.32 Å². The van der Waals surface area contributed by atoms with Gasteiger partial charge in [0, 0.05) is 17.9 Å². The Morgan fingerprint density at radius 3 is 2.73 bits per heavy atom.